The van der Waals surface area contributed by atoms with Gasteiger partial charge in [0.25, 0.3) is 0 Å². The van der Waals surface area contributed by atoms with Crippen LogP contribution in [0.5, 0.6) is 0 Å². The summed E-state index contributed by atoms with van der Waals surface area (Å²) in [4.78, 5) is 19.7. The van der Waals surface area contributed by atoms with Crippen molar-refractivity contribution in [2.45, 2.75) is 38.5 Å². The van der Waals surface area contributed by atoms with Gasteiger partial charge >= 0.3 is 0 Å². The van der Waals surface area contributed by atoms with Crippen molar-refractivity contribution in [1.29, 1.82) is 0 Å². The maximum Gasteiger partial charge on any atom is 0.150 e. The van der Waals surface area contributed by atoms with Crippen LogP contribution in [0, 0.1) is 0 Å². The van der Waals surface area contributed by atoms with Crippen molar-refractivity contribution >= 4 is 37.6 Å². The molecule has 0 bridgehead atoms. The molecule has 0 radical (unpaired) electrons. The average molecular weight is 523 g/mol. The molecule has 1 N–H and O–H groups in total. The van der Waals surface area contributed by atoms with Crippen LogP contribution in [0.4, 0.5) is 5.82 Å². The van der Waals surface area contributed by atoms with Gasteiger partial charge in [-0.15, -0.1) is 11.3 Å². The molecule has 0 saturated carbocycles. The predicted octanol–water partition coefficient (Wildman–Crippen LogP) is 4.59. The second kappa shape index (κ2) is 9.42. The van der Waals surface area contributed by atoms with Gasteiger partial charge in [-0.3, -0.25) is 0 Å². The summed E-state index contributed by atoms with van der Waals surface area (Å²) in [5.41, 5.74) is 5.92. The lowest BCUT2D eigenvalue weighted by molar-refractivity contribution is -0.926. The lowest BCUT2D eigenvalue weighted by Crippen LogP contribution is -3.15. The molecule has 0 atom stereocenters. The van der Waals surface area contributed by atoms with Crippen molar-refractivity contribution in [3.63, 3.8) is 0 Å². The number of nitrogens with one attached hydrogen (secondary N) is 1. The molecule has 2 aromatic carbocycles. The Hall–Kier alpha value is -3.39. The maximum atomic E-state index is 6.06. The van der Waals surface area contributed by atoms with E-state index in [0.717, 1.165) is 64.5 Å². The van der Waals surface area contributed by atoms with E-state index in [-0.39, 0.29) is 5.60 Å². The zero-order chi connectivity index (χ0) is 25.7. The number of rotatable bonds is 4. The van der Waals surface area contributed by atoms with E-state index in [0.29, 0.717) is 12.6 Å². The fraction of sp³-hybridized carbons (Fsp3) is 0.323. The molecule has 38 heavy (non-hydrogen) atoms. The Morgan fingerprint density at radius 3 is 2.32 bits per heavy atom. The minimum absolute atomic E-state index is 0.172. The molecule has 1 fully saturated rings. The topological polar surface area (TPSA) is 55.6 Å². The molecule has 5 heterocycles. The molecule has 0 unspecified atom stereocenters. The molecule has 7 heteroatoms. The highest BCUT2D eigenvalue weighted by atomic mass is 32.1. The number of piperazine rings is 1. The van der Waals surface area contributed by atoms with E-state index < -0.39 is 0 Å². The largest absolute Gasteiger partial charge is 0.370 e. The van der Waals surface area contributed by atoms with Crippen molar-refractivity contribution in [3.05, 3.63) is 95.4 Å². The zero-order valence-electron chi connectivity index (χ0n) is 21.9. The quantitative estimate of drug-likeness (QED) is 0.374. The number of fused-ring (bicyclic) bond motifs is 4. The summed E-state index contributed by atoms with van der Waals surface area (Å²) in [7, 11) is 0. The SMILES string of the molecule is CC1(C)Cc2nc3sc4c(N5CC[NH+](C(c6ccccc6)c6ccccc6)CC5)ncnc4c3cc2CO1. The van der Waals surface area contributed by atoms with Crippen molar-refractivity contribution in [3.8, 4) is 0 Å². The number of thiophene rings is 1. The second-order valence-electron chi connectivity index (χ2n) is 11.0. The summed E-state index contributed by atoms with van der Waals surface area (Å²) >= 11 is 1.73. The Kier molecular flexibility index (Phi) is 5.87. The molecule has 3 aromatic heterocycles. The number of ether oxygens (including phenoxy) is 1. The summed E-state index contributed by atoms with van der Waals surface area (Å²) < 4.78 is 7.20. The van der Waals surface area contributed by atoms with Crippen LogP contribution in [0.15, 0.2) is 73.1 Å². The minimum Gasteiger partial charge on any atom is -0.370 e. The van der Waals surface area contributed by atoms with Crippen LogP contribution in [0.2, 0.25) is 0 Å². The van der Waals surface area contributed by atoms with Crippen LogP contribution in [0.3, 0.4) is 0 Å². The first-order valence-corrected chi connectivity index (χ1v) is 14.3. The Labute approximate surface area is 226 Å². The highest BCUT2D eigenvalue weighted by Crippen LogP contribution is 2.39. The molecule has 7 rings (SSSR count). The molecule has 1 saturated heterocycles. The molecular formula is C31H32N5OS+. The first kappa shape index (κ1) is 23.7. The summed E-state index contributed by atoms with van der Waals surface area (Å²) in [5.74, 6) is 1.04. The summed E-state index contributed by atoms with van der Waals surface area (Å²) in [5, 5.41) is 1.12. The lowest BCUT2D eigenvalue weighted by Gasteiger charge is -2.37. The number of quaternary nitrogens is 1. The van der Waals surface area contributed by atoms with Gasteiger partial charge in [0.2, 0.25) is 0 Å². The van der Waals surface area contributed by atoms with E-state index in [1.54, 1.807) is 22.6 Å². The maximum absolute atomic E-state index is 6.06. The summed E-state index contributed by atoms with van der Waals surface area (Å²) in [6, 6.07) is 24.4. The third kappa shape index (κ3) is 4.25. The lowest BCUT2D eigenvalue weighted by atomic mass is 9.95. The summed E-state index contributed by atoms with van der Waals surface area (Å²) in [6.45, 7) is 8.88. The first-order chi connectivity index (χ1) is 18.6. The van der Waals surface area contributed by atoms with Crippen molar-refractivity contribution in [1.82, 2.24) is 15.0 Å². The fourth-order valence-electron chi connectivity index (χ4n) is 6.05. The van der Waals surface area contributed by atoms with Crippen LogP contribution in [-0.2, 0) is 17.8 Å². The monoisotopic (exact) mass is 522 g/mol. The van der Waals surface area contributed by atoms with E-state index in [1.807, 2.05) is 0 Å². The average Bonchev–Trinajstić information content (AvgIpc) is 3.31. The van der Waals surface area contributed by atoms with Crippen LogP contribution in [0.25, 0.3) is 20.4 Å². The summed E-state index contributed by atoms with van der Waals surface area (Å²) in [6.07, 6.45) is 2.55. The van der Waals surface area contributed by atoms with E-state index >= 15 is 0 Å². The minimum atomic E-state index is -0.172. The fourth-order valence-corrected chi connectivity index (χ4v) is 7.20. The van der Waals surface area contributed by atoms with Gasteiger partial charge in [0.05, 0.1) is 54.3 Å². The van der Waals surface area contributed by atoms with Crippen molar-refractivity contribution in [2.24, 2.45) is 0 Å². The van der Waals surface area contributed by atoms with Gasteiger partial charge in [0.1, 0.15) is 17.2 Å². The Bertz CT molecular complexity index is 1550. The Morgan fingerprint density at radius 1 is 0.947 bits per heavy atom. The number of hydrogen-bond donors (Lipinski definition) is 1. The van der Waals surface area contributed by atoms with Gasteiger partial charge in [-0.05, 0) is 19.9 Å². The highest BCUT2D eigenvalue weighted by Gasteiger charge is 2.32. The van der Waals surface area contributed by atoms with Gasteiger partial charge < -0.3 is 14.5 Å². The highest BCUT2D eigenvalue weighted by molar-refractivity contribution is 7.25. The van der Waals surface area contributed by atoms with Gasteiger partial charge in [-0.2, -0.15) is 0 Å². The molecule has 6 nitrogen and oxygen atoms in total. The molecule has 192 valence electrons. The predicted molar refractivity (Wildman–Crippen MR) is 153 cm³/mol. The Balaban J connectivity index is 1.19. The smallest absolute Gasteiger partial charge is 0.150 e. The third-order valence-corrected chi connectivity index (χ3v) is 9.07. The molecule has 2 aliphatic heterocycles. The molecule has 0 aliphatic carbocycles. The van der Waals surface area contributed by atoms with Crippen molar-refractivity contribution < 1.29 is 9.64 Å². The van der Waals surface area contributed by atoms with Crippen LogP contribution >= 0.6 is 11.3 Å². The van der Waals surface area contributed by atoms with Gasteiger partial charge in [-0.1, -0.05) is 60.7 Å². The third-order valence-electron chi connectivity index (χ3n) is 7.99. The molecule has 2 aliphatic rings. The standard InChI is InChI=1S/C31H31N5OS/c1-31(2)18-25-23(19-37-31)17-24-26-28(38-30(24)34-25)29(33-20-32-26)36-15-13-35(14-16-36)27(21-9-5-3-6-10-21)22-11-7-4-8-12-22/h3-12,17,20,27H,13-16,18-19H2,1-2H3/p+1. The van der Waals surface area contributed by atoms with E-state index in [2.05, 4.69) is 85.5 Å². The first-order valence-electron chi connectivity index (χ1n) is 13.5. The van der Waals surface area contributed by atoms with Crippen LogP contribution in [0.1, 0.15) is 42.3 Å². The molecule has 5 aromatic rings. The zero-order valence-corrected chi connectivity index (χ0v) is 22.7. The molecule has 0 amide bonds. The second-order valence-corrected chi connectivity index (χ2v) is 12.0. The molecular weight excluding hydrogens is 490 g/mol. The van der Waals surface area contributed by atoms with Gasteiger partial charge in [0.15, 0.2) is 5.82 Å². The Morgan fingerprint density at radius 2 is 1.63 bits per heavy atom. The van der Waals surface area contributed by atoms with Crippen LogP contribution < -0.4 is 9.80 Å². The van der Waals surface area contributed by atoms with Gasteiger partial charge in [0, 0.05) is 28.5 Å². The van der Waals surface area contributed by atoms with E-state index in [4.69, 9.17) is 19.7 Å². The number of nitrogens with zero attached hydrogens (tertiary/aromatic N) is 4. The van der Waals surface area contributed by atoms with Crippen molar-refractivity contribution in [2.75, 3.05) is 31.1 Å². The number of benzene rings is 2. The normalized spacial score (nSPS) is 17.8. The number of pyridine rings is 1. The molecule has 0 spiro atoms. The number of aromatic nitrogens is 3. The van der Waals surface area contributed by atoms with Crippen LogP contribution in [-0.4, -0.2) is 46.7 Å². The van der Waals surface area contributed by atoms with E-state index in [9.17, 15) is 0 Å². The van der Waals surface area contributed by atoms with E-state index in [1.165, 1.54) is 16.7 Å². The number of hydrogen-bond acceptors (Lipinski definition) is 6. The number of anilines is 1. The van der Waals surface area contributed by atoms with Gasteiger partial charge in [-0.25, -0.2) is 15.0 Å².